The number of halogens is 1. The van der Waals surface area contributed by atoms with Gasteiger partial charge in [0.05, 0.1) is 10.8 Å². The molecule has 2 aromatic rings. The number of hydrogen-bond donors (Lipinski definition) is 0. The molecule has 0 amide bonds. The van der Waals surface area contributed by atoms with Gasteiger partial charge in [0.2, 0.25) is 15.9 Å². The number of sulfonamides is 1. The summed E-state index contributed by atoms with van der Waals surface area (Å²) in [6.45, 7) is 5.61. The first kappa shape index (κ1) is 16.1. The Morgan fingerprint density at radius 2 is 1.91 bits per heavy atom. The fourth-order valence-corrected chi connectivity index (χ4v) is 4.97. The summed E-state index contributed by atoms with van der Waals surface area (Å²) >= 11 is 0. The smallest absolute Gasteiger partial charge is 0.243 e. The first-order valence-corrected chi connectivity index (χ1v) is 8.80. The summed E-state index contributed by atoms with van der Waals surface area (Å²) in [5.41, 5.74) is 0.833. The molecule has 1 saturated heterocycles. The fourth-order valence-electron chi connectivity index (χ4n) is 3.06. The van der Waals surface area contributed by atoms with Crippen molar-refractivity contribution in [1.82, 2.24) is 14.4 Å². The molecule has 0 N–H and O–H groups in total. The van der Waals surface area contributed by atoms with Gasteiger partial charge in [-0.2, -0.15) is 9.29 Å². The summed E-state index contributed by atoms with van der Waals surface area (Å²) in [6, 6.07) is 2.49. The van der Waals surface area contributed by atoms with Crippen molar-refractivity contribution in [3.63, 3.8) is 0 Å². The average Bonchev–Trinajstić information content (AvgIpc) is 3.05. The number of aryl methyl sites for hydroxylation is 3. The zero-order chi connectivity index (χ0) is 16.8. The second-order valence-corrected chi connectivity index (χ2v) is 7.77. The molecular weight excluding hydrogens is 321 g/mol. The van der Waals surface area contributed by atoms with Crippen LogP contribution in [0.1, 0.15) is 35.2 Å². The number of nitrogens with zero attached hydrogens (tertiary/aromatic N) is 3. The lowest BCUT2D eigenvalue weighted by Gasteiger charge is -2.19. The molecule has 8 heteroatoms. The van der Waals surface area contributed by atoms with Gasteiger partial charge in [-0.1, -0.05) is 5.16 Å². The summed E-state index contributed by atoms with van der Waals surface area (Å²) < 4.78 is 45.8. The SMILES string of the molecule is Cc1noc(C2CCN(S(=O)(=O)c3c(C)cc(F)cc3C)C2)n1. The quantitative estimate of drug-likeness (QED) is 0.858. The number of benzene rings is 1. The van der Waals surface area contributed by atoms with E-state index in [4.69, 9.17) is 4.52 Å². The molecule has 0 bridgehead atoms. The number of hydrogen-bond acceptors (Lipinski definition) is 5. The lowest BCUT2D eigenvalue weighted by Crippen LogP contribution is -2.30. The van der Waals surface area contributed by atoms with Crippen molar-refractivity contribution < 1.29 is 17.3 Å². The van der Waals surface area contributed by atoms with Crippen LogP contribution in [0.5, 0.6) is 0 Å². The topological polar surface area (TPSA) is 76.3 Å². The van der Waals surface area contributed by atoms with E-state index in [1.165, 1.54) is 16.4 Å². The second kappa shape index (κ2) is 5.68. The Hall–Kier alpha value is -1.80. The van der Waals surface area contributed by atoms with Gasteiger partial charge in [-0.15, -0.1) is 0 Å². The Morgan fingerprint density at radius 3 is 2.48 bits per heavy atom. The maximum atomic E-state index is 13.4. The minimum Gasteiger partial charge on any atom is -0.339 e. The van der Waals surface area contributed by atoms with E-state index in [1.807, 2.05) is 0 Å². The van der Waals surface area contributed by atoms with Gasteiger partial charge in [0.25, 0.3) is 0 Å². The number of aromatic nitrogens is 2. The monoisotopic (exact) mass is 339 g/mol. The molecule has 1 atom stereocenters. The first-order valence-electron chi connectivity index (χ1n) is 7.36. The lowest BCUT2D eigenvalue weighted by atomic mass is 10.1. The van der Waals surface area contributed by atoms with E-state index in [1.54, 1.807) is 20.8 Å². The van der Waals surface area contributed by atoms with Crippen LogP contribution in [0.2, 0.25) is 0 Å². The van der Waals surface area contributed by atoms with Crippen LogP contribution >= 0.6 is 0 Å². The minimum absolute atomic E-state index is 0.105. The Bertz CT molecular complexity index is 824. The Morgan fingerprint density at radius 1 is 1.26 bits per heavy atom. The van der Waals surface area contributed by atoms with Crippen LogP contribution in [-0.4, -0.2) is 36.0 Å². The molecule has 6 nitrogen and oxygen atoms in total. The standard InChI is InChI=1S/C15H18FN3O3S/c1-9-6-13(16)7-10(2)14(9)23(20,21)19-5-4-12(8-19)15-17-11(3)18-22-15/h6-7,12H,4-5,8H2,1-3H3. The molecule has 1 aliphatic rings. The summed E-state index contributed by atoms with van der Waals surface area (Å²) in [4.78, 5) is 4.36. The third kappa shape index (κ3) is 2.88. The molecule has 23 heavy (non-hydrogen) atoms. The van der Waals surface area contributed by atoms with Gasteiger partial charge in [0, 0.05) is 13.1 Å². The molecule has 1 aromatic heterocycles. The van der Waals surface area contributed by atoms with Crippen molar-refractivity contribution in [3.05, 3.63) is 40.8 Å². The van der Waals surface area contributed by atoms with Gasteiger partial charge in [-0.3, -0.25) is 0 Å². The molecule has 124 valence electrons. The van der Waals surface area contributed by atoms with E-state index in [0.717, 1.165) is 0 Å². The summed E-state index contributed by atoms with van der Waals surface area (Å²) in [7, 11) is -3.67. The minimum atomic E-state index is -3.67. The molecule has 0 aliphatic carbocycles. The number of rotatable bonds is 3. The van der Waals surface area contributed by atoms with Gasteiger partial charge in [0.1, 0.15) is 5.82 Å². The van der Waals surface area contributed by atoms with E-state index < -0.39 is 15.8 Å². The van der Waals surface area contributed by atoms with E-state index >= 15 is 0 Å². The normalized spacial score (nSPS) is 19.4. The Balaban J connectivity index is 1.90. The van der Waals surface area contributed by atoms with Crippen LogP contribution in [0.4, 0.5) is 4.39 Å². The lowest BCUT2D eigenvalue weighted by molar-refractivity contribution is 0.351. The maximum absolute atomic E-state index is 13.4. The Labute approximate surface area is 134 Å². The third-order valence-electron chi connectivity index (χ3n) is 4.07. The largest absolute Gasteiger partial charge is 0.339 e. The maximum Gasteiger partial charge on any atom is 0.243 e. The fraction of sp³-hybridized carbons (Fsp3) is 0.467. The van der Waals surface area contributed by atoms with Crippen molar-refractivity contribution in [2.24, 2.45) is 0 Å². The molecule has 2 heterocycles. The van der Waals surface area contributed by atoms with Gasteiger partial charge >= 0.3 is 0 Å². The highest BCUT2D eigenvalue weighted by molar-refractivity contribution is 7.89. The second-order valence-electron chi connectivity index (χ2n) is 5.90. The summed E-state index contributed by atoms with van der Waals surface area (Å²) in [5, 5.41) is 3.75. The van der Waals surface area contributed by atoms with Crippen molar-refractivity contribution >= 4 is 10.0 Å². The van der Waals surface area contributed by atoms with Gasteiger partial charge in [-0.05, 0) is 50.5 Å². The average molecular weight is 339 g/mol. The van der Waals surface area contributed by atoms with E-state index in [9.17, 15) is 12.8 Å². The van der Waals surface area contributed by atoms with Crippen LogP contribution in [0.25, 0.3) is 0 Å². The molecule has 0 spiro atoms. The third-order valence-corrected chi connectivity index (χ3v) is 6.24. The molecule has 1 unspecified atom stereocenters. The van der Waals surface area contributed by atoms with Crippen LogP contribution in [0.3, 0.4) is 0 Å². The molecule has 1 aliphatic heterocycles. The van der Waals surface area contributed by atoms with Crippen LogP contribution in [0.15, 0.2) is 21.6 Å². The first-order chi connectivity index (χ1) is 10.8. The Kier molecular flexibility index (Phi) is 3.97. The van der Waals surface area contributed by atoms with Gasteiger partial charge in [-0.25, -0.2) is 12.8 Å². The van der Waals surface area contributed by atoms with Crippen molar-refractivity contribution in [2.75, 3.05) is 13.1 Å². The van der Waals surface area contributed by atoms with Gasteiger partial charge < -0.3 is 4.52 Å². The molecule has 3 rings (SSSR count). The van der Waals surface area contributed by atoms with Crippen LogP contribution in [-0.2, 0) is 10.0 Å². The molecule has 1 aromatic carbocycles. The van der Waals surface area contributed by atoms with Crippen LogP contribution < -0.4 is 0 Å². The zero-order valence-electron chi connectivity index (χ0n) is 13.2. The molecule has 1 fully saturated rings. The van der Waals surface area contributed by atoms with Crippen molar-refractivity contribution in [2.45, 2.75) is 38.0 Å². The highest BCUT2D eigenvalue weighted by Gasteiger charge is 2.37. The van der Waals surface area contributed by atoms with E-state index in [2.05, 4.69) is 10.1 Å². The summed E-state index contributed by atoms with van der Waals surface area (Å²) in [6.07, 6.45) is 0.625. The zero-order valence-corrected chi connectivity index (χ0v) is 14.0. The molecular formula is C15H18FN3O3S. The van der Waals surface area contributed by atoms with E-state index in [-0.39, 0.29) is 10.8 Å². The van der Waals surface area contributed by atoms with E-state index in [0.29, 0.717) is 42.4 Å². The molecule has 0 saturated carbocycles. The van der Waals surface area contributed by atoms with Gasteiger partial charge in [0.15, 0.2) is 5.82 Å². The predicted octanol–water partition coefficient (Wildman–Crippen LogP) is 2.31. The van der Waals surface area contributed by atoms with Crippen LogP contribution in [0, 0.1) is 26.6 Å². The highest BCUT2D eigenvalue weighted by atomic mass is 32.2. The summed E-state index contributed by atoms with van der Waals surface area (Å²) in [5.74, 6) is 0.464. The highest BCUT2D eigenvalue weighted by Crippen LogP contribution is 2.32. The van der Waals surface area contributed by atoms with Crippen molar-refractivity contribution in [1.29, 1.82) is 0 Å². The van der Waals surface area contributed by atoms with Crippen molar-refractivity contribution in [3.8, 4) is 0 Å². The molecule has 0 radical (unpaired) electrons. The predicted molar refractivity (Wildman–Crippen MR) is 81.0 cm³/mol.